The summed E-state index contributed by atoms with van der Waals surface area (Å²) in [5.41, 5.74) is 18.2. The van der Waals surface area contributed by atoms with Crippen molar-refractivity contribution >= 4 is 0 Å². The van der Waals surface area contributed by atoms with Crippen LogP contribution in [0, 0.1) is 18.2 Å². The normalized spacial score (nSPS) is 11.0. The number of nitrogens with zero attached hydrogens (tertiary/aromatic N) is 5. The summed E-state index contributed by atoms with van der Waals surface area (Å²) in [6.07, 6.45) is 13.0. The smallest absolute Gasteiger partial charge is 0.373 e. The molecule has 0 aliphatic rings. The fraction of sp³-hybridized carbons (Fsp3) is 0.0862. The van der Waals surface area contributed by atoms with Crippen LogP contribution in [0.15, 0.2) is 201 Å². The van der Waals surface area contributed by atoms with Gasteiger partial charge in [0.05, 0.1) is 5.82 Å². The third-order valence-electron chi connectivity index (χ3n) is 11.7. The zero-order valence-corrected chi connectivity index (χ0v) is 37.8. The van der Waals surface area contributed by atoms with Gasteiger partial charge in [0.2, 0.25) is 0 Å². The van der Waals surface area contributed by atoms with Gasteiger partial charge in [-0.05, 0) is 75.3 Å². The Balaban J connectivity index is 0.00000518. The molecule has 0 saturated carbocycles. The zero-order chi connectivity index (χ0) is 42.4. The van der Waals surface area contributed by atoms with Crippen LogP contribution < -0.4 is 0 Å². The van der Waals surface area contributed by atoms with E-state index in [0.717, 1.165) is 76.3 Å². The molecule has 0 bridgehead atoms. The van der Waals surface area contributed by atoms with E-state index >= 15 is 0 Å². The largest absolute Gasteiger partial charge is 3.00 e. The molecule has 3 aromatic heterocycles. The van der Waals surface area contributed by atoms with Crippen molar-refractivity contribution in [2.75, 3.05) is 0 Å². The summed E-state index contributed by atoms with van der Waals surface area (Å²) in [7, 11) is 2.01. The van der Waals surface area contributed by atoms with Gasteiger partial charge in [-0.3, -0.25) is 9.67 Å². The molecule has 10 aromatic rings. The molecule has 7 aromatic carbocycles. The Hall–Kier alpha value is -7.24. The van der Waals surface area contributed by atoms with Gasteiger partial charge in [-0.25, -0.2) is 0 Å². The molecule has 310 valence electrons. The fourth-order valence-corrected chi connectivity index (χ4v) is 8.38. The minimum absolute atomic E-state index is 0. The maximum absolute atomic E-state index is 4.70. The van der Waals surface area contributed by atoms with Crippen molar-refractivity contribution in [3.8, 4) is 72.8 Å². The number of hydrogen-bond acceptors (Lipinski definition) is 3. The molecule has 0 aliphatic heterocycles. The molecule has 0 aliphatic carbocycles. The monoisotopic (exact) mass is 1000 g/mol. The SMILES string of the molecule is Cn1ccnc1-c1[c-]cc(CCc2cc(CCc3c[c-]c(-n4cccn4)cc3)cc(-c3ccccc3-c3c[c-]c(-c4ccccn4)cc3-c3ccc(-c4ccccc4)cc3)c2)cc1.[Ir+3]. The van der Waals surface area contributed by atoms with E-state index in [1.54, 1.807) is 6.20 Å². The Kier molecular flexibility index (Phi) is 12.8. The number of aromatic nitrogens is 5. The number of rotatable bonds is 13. The van der Waals surface area contributed by atoms with Gasteiger partial charge in [-0.15, -0.1) is 65.2 Å². The van der Waals surface area contributed by atoms with Crippen molar-refractivity contribution in [3.63, 3.8) is 0 Å². The van der Waals surface area contributed by atoms with Crippen molar-refractivity contribution in [2.45, 2.75) is 25.7 Å². The number of benzene rings is 7. The molecule has 0 saturated heterocycles. The predicted molar refractivity (Wildman–Crippen MR) is 255 cm³/mol. The summed E-state index contributed by atoms with van der Waals surface area (Å²) in [5, 5.41) is 4.38. The van der Waals surface area contributed by atoms with Crippen molar-refractivity contribution in [1.29, 1.82) is 0 Å². The fourth-order valence-electron chi connectivity index (χ4n) is 8.38. The molecular formula is C58H44IrN5. The van der Waals surface area contributed by atoms with Crippen LogP contribution in [0.4, 0.5) is 0 Å². The van der Waals surface area contributed by atoms with Crippen molar-refractivity contribution in [3.05, 3.63) is 241 Å². The van der Waals surface area contributed by atoms with Gasteiger partial charge in [0.15, 0.2) is 0 Å². The van der Waals surface area contributed by atoms with Crippen LogP contribution in [0.25, 0.3) is 72.8 Å². The number of aryl methyl sites for hydroxylation is 5. The predicted octanol–water partition coefficient (Wildman–Crippen LogP) is 13.0. The van der Waals surface area contributed by atoms with E-state index in [4.69, 9.17) is 4.98 Å². The van der Waals surface area contributed by atoms with Crippen LogP contribution in [-0.2, 0) is 52.8 Å². The van der Waals surface area contributed by atoms with Crippen molar-refractivity contribution < 1.29 is 20.1 Å². The third-order valence-corrected chi connectivity index (χ3v) is 11.7. The van der Waals surface area contributed by atoms with Crippen LogP contribution in [0.2, 0.25) is 0 Å². The van der Waals surface area contributed by atoms with E-state index < -0.39 is 0 Å². The van der Waals surface area contributed by atoms with Crippen LogP contribution in [0.3, 0.4) is 0 Å². The average Bonchev–Trinajstić information content (AvgIpc) is 4.06. The first-order valence-corrected chi connectivity index (χ1v) is 21.5. The summed E-state index contributed by atoms with van der Waals surface area (Å²) in [5.74, 6) is 0.919. The van der Waals surface area contributed by atoms with Crippen LogP contribution in [0.1, 0.15) is 22.3 Å². The summed E-state index contributed by atoms with van der Waals surface area (Å²) >= 11 is 0. The van der Waals surface area contributed by atoms with Gasteiger partial charge in [-0.2, -0.15) is 28.9 Å². The second kappa shape index (κ2) is 19.4. The first-order valence-electron chi connectivity index (χ1n) is 21.5. The van der Waals surface area contributed by atoms with Crippen LogP contribution in [-0.4, -0.2) is 24.3 Å². The van der Waals surface area contributed by atoms with Gasteiger partial charge >= 0.3 is 20.1 Å². The van der Waals surface area contributed by atoms with E-state index in [1.165, 1.54) is 44.5 Å². The average molecular weight is 1000 g/mol. The first-order chi connectivity index (χ1) is 31.1. The maximum Gasteiger partial charge on any atom is 3.00 e. The van der Waals surface area contributed by atoms with Crippen LogP contribution in [0.5, 0.6) is 0 Å². The minimum atomic E-state index is 0. The van der Waals surface area contributed by atoms with Crippen molar-refractivity contribution in [1.82, 2.24) is 24.3 Å². The molecule has 0 radical (unpaired) electrons. The summed E-state index contributed by atoms with van der Waals surface area (Å²) in [4.78, 5) is 9.21. The molecule has 6 heteroatoms. The topological polar surface area (TPSA) is 48.5 Å². The Morgan fingerprint density at radius 1 is 0.438 bits per heavy atom. The Morgan fingerprint density at radius 2 is 1.11 bits per heavy atom. The summed E-state index contributed by atoms with van der Waals surface area (Å²) in [6.45, 7) is 0. The third kappa shape index (κ3) is 9.40. The number of hydrogen-bond donors (Lipinski definition) is 0. The molecule has 0 unspecified atom stereocenters. The molecule has 0 N–H and O–H groups in total. The standard InChI is InChI=1S/C58H44N5.Ir/c1-62-37-35-60-58(62)49-23-19-42(20-24-49)15-17-44-38-45(18-16-43-21-30-52(31-22-43)63-36-9-34-61-63)40-51(39-44)53-12-5-6-13-54(53)55-32-29-50(57-14-7-8-33-59-57)41-56(55)48-27-25-47(26-28-48)46-10-3-2-4-11-46;/h2-14,19-23,25-28,30,32-41H,15-18H2,1H3;/q-3;+3. The van der Waals surface area contributed by atoms with E-state index in [2.05, 4.69) is 174 Å². The van der Waals surface area contributed by atoms with E-state index in [9.17, 15) is 0 Å². The second-order valence-corrected chi connectivity index (χ2v) is 15.9. The Labute approximate surface area is 389 Å². The zero-order valence-electron chi connectivity index (χ0n) is 35.5. The van der Waals surface area contributed by atoms with Gasteiger partial charge in [0, 0.05) is 38.0 Å². The Bertz CT molecular complexity index is 3080. The summed E-state index contributed by atoms with van der Waals surface area (Å²) in [6, 6.07) is 71.2. The maximum atomic E-state index is 4.70. The van der Waals surface area contributed by atoms with Gasteiger partial charge < -0.3 is 9.55 Å². The molecule has 0 atom stereocenters. The number of pyridine rings is 1. The molecule has 0 amide bonds. The van der Waals surface area contributed by atoms with E-state index in [1.807, 2.05) is 65.3 Å². The molecule has 3 heterocycles. The number of imidazole rings is 1. The van der Waals surface area contributed by atoms with E-state index in [0.29, 0.717) is 0 Å². The molecule has 0 fully saturated rings. The van der Waals surface area contributed by atoms with Gasteiger partial charge in [-0.1, -0.05) is 139 Å². The second-order valence-electron chi connectivity index (χ2n) is 15.9. The molecular weight excluding hydrogens is 959 g/mol. The van der Waals surface area contributed by atoms with Crippen molar-refractivity contribution in [2.24, 2.45) is 7.05 Å². The quantitative estimate of drug-likeness (QED) is 0.108. The minimum Gasteiger partial charge on any atom is -0.373 e. The molecule has 10 rings (SSSR count). The van der Waals surface area contributed by atoms with Crippen LogP contribution >= 0.6 is 0 Å². The molecule has 5 nitrogen and oxygen atoms in total. The molecule has 64 heavy (non-hydrogen) atoms. The Morgan fingerprint density at radius 3 is 1.77 bits per heavy atom. The van der Waals surface area contributed by atoms with E-state index in [-0.39, 0.29) is 20.1 Å². The van der Waals surface area contributed by atoms with Gasteiger partial charge in [0.1, 0.15) is 0 Å². The first kappa shape index (κ1) is 42.1. The molecule has 0 spiro atoms. The summed E-state index contributed by atoms with van der Waals surface area (Å²) < 4.78 is 3.87. The van der Waals surface area contributed by atoms with Gasteiger partial charge in [0.25, 0.3) is 0 Å².